The van der Waals surface area contributed by atoms with E-state index in [1.165, 1.54) is 0 Å². The first-order chi connectivity index (χ1) is 8.29. The molecule has 0 aliphatic rings. The summed E-state index contributed by atoms with van der Waals surface area (Å²) in [5, 5.41) is 16.8. The number of aromatic nitrogens is 5. The van der Waals surface area contributed by atoms with Crippen LogP contribution in [-0.2, 0) is 19.5 Å². The van der Waals surface area contributed by atoms with E-state index in [4.69, 9.17) is 5.11 Å². The zero-order valence-electron chi connectivity index (χ0n) is 9.95. The maximum Gasteiger partial charge on any atom is 0.105 e. The van der Waals surface area contributed by atoms with Crippen molar-refractivity contribution < 1.29 is 5.11 Å². The summed E-state index contributed by atoms with van der Waals surface area (Å²) in [6.45, 7) is 3.80. The fourth-order valence-electron chi connectivity index (χ4n) is 1.67. The Morgan fingerprint density at radius 3 is 2.94 bits per heavy atom. The molecule has 0 spiro atoms. The van der Waals surface area contributed by atoms with Crippen molar-refractivity contribution >= 4 is 0 Å². The molecular weight excluding hydrogens is 218 g/mol. The fourth-order valence-corrected chi connectivity index (χ4v) is 1.67. The summed E-state index contributed by atoms with van der Waals surface area (Å²) in [5.41, 5.74) is 0.932. The first-order valence-electron chi connectivity index (χ1n) is 5.77. The molecule has 1 N–H and O–H groups in total. The summed E-state index contributed by atoms with van der Waals surface area (Å²) < 4.78 is 3.90. The average Bonchev–Trinajstić information content (AvgIpc) is 2.93. The van der Waals surface area contributed by atoms with Crippen LogP contribution in [0.15, 0.2) is 18.6 Å². The average molecular weight is 235 g/mol. The first-order valence-corrected chi connectivity index (χ1v) is 5.77. The van der Waals surface area contributed by atoms with Crippen molar-refractivity contribution in [2.24, 2.45) is 0 Å². The third-order valence-electron chi connectivity index (χ3n) is 2.67. The molecule has 0 aliphatic carbocycles. The van der Waals surface area contributed by atoms with Gasteiger partial charge in [-0.15, -0.1) is 5.10 Å². The maximum atomic E-state index is 8.73. The number of rotatable bonds is 6. The molecule has 2 rings (SSSR count). The second-order valence-corrected chi connectivity index (χ2v) is 3.97. The van der Waals surface area contributed by atoms with E-state index in [1.54, 1.807) is 6.20 Å². The molecule has 0 aliphatic heterocycles. The van der Waals surface area contributed by atoms with E-state index in [2.05, 4.69) is 19.9 Å². The van der Waals surface area contributed by atoms with Gasteiger partial charge >= 0.3 is 0 Å². The van der Waals surface area contributed by atoms with Crippen LogP contribution in [0.25, 0.3) is 0 Å². The lowest BCUT2D eigenvalue weighted by atomic mass is 10.3. The van der Waals surface area contributed by atoms with Crippen molar-refractivity contribution in [2.75, 3.05) is 6.61 Å². The molecular formula is C11H17N5O. The molecule has 92 valence electrons. The minimum Gasteiger partial charge on any atom is -0.396 e. The molecule has 0 aromatic carbocycles. The molecule has 0 atom stereocenters. The van der Waals surface area contributed by atoms with Crippen molar-refractivity contribution in [3.05, 3.63) is 30.1 Å². The van der Waals surface area contributed by atoms with Crippen molar-refractivity contribution in [3.63, 3.8) is 0 Å². The molecule has 17 heavy (non-hydrogen) atoms. The van der Waals surface area contributed by atoms with Gasteiger partial charge in [0.1, 0.15) is 5.82 Å². The molecule has 0 saturated carbocycles. The van der Waals surface area contributed by atoms with E-state index < -0.39 is 0 Å². The number of aliphatic hydroxyl groups is 1. The predicted molar refractivity (Wildman–Crippen MR) is 62.4 cm³/mol. The Bertz CT molecular complexity index is 462. The molecule has 0 amide bonds. The highest BCUT2D eigenvalue weighted by atomic mass is 16.2. The van der Waals surface area contributed by atoms with Gasteiger partial charge in [-0.1, -0.05) is 5.21 Å². The summed E-state index contributed by atoms with van der Waals surface area (Å²) in [7, 11) is 0. The minimum atomic E-state index is 0.196. The van der Waals surface area contributed by atoms with Gasteiger partial charge < -0.3 is 9.67 Å². The fraction of sp³-hybridized carbons (Fsp3) is 0.545. The third-order valence-corrected chi connectivity index (χ3v) is 2.67. The van der Waals surface area contributed by atoms with Crippen molar-refractivity contribution in [3.8, 4) is 0 Å². The van der Waals surface area contributed by atoms with Gasteiger partial charge in [0.2, 0.25) is 0 Å². The van der Waals surface area contributed by atoms with Crippen LogP contribution in [0.4, 0.5) is 0 Å². The van der Waals surface area contributed by atoms with Gasteiger partial charge in [0, 0.05) is 31.7 Å². The number of hydrogen-bond acceptors (Lipinski definition) is 4. The zero-order valence-corrected chi connectivity index (χ0v) is 9.95. The summed E-state index contributed by atoms with van der Waals surface area (Å²) in [6.07, 6.45) is 7.20. The summed E-state index contributed by atoms with van der Waals surface area (Å²) >= 11 is 0. The van der Waals surface area contributed by atoms with E-state index in [0.717, 1.165) is 37.4 Å². The Balaban J connectivity index is 1.87. The van der Waals surface area contributed by atoms with Crippen molar-refractivity contribution in [1.29, 1.82) is 0 Å². The van der Waals surface area contributed by atoms with Gasteiger partial charge in [-0.25, -0.2) is 4.98 Å². The highest BCUT2D eigenvalue weighted by Gasteiger charge is 2.01. The van der Waals surface area contributed by atoms with Crippen LogP contribution in [0.5, 0.6) is 0 Å². The predicted octanol–water partition coefficient (Wildman–Crippen LogP) is 0.408. The molecule has 0 unspecified atom stereocenters. The second-order valence-electron chi connectivity index (χ2n) is 3.97. The lowest BCUT2D eigenvalue weighted by molar-refractivity contribution is 0.288. The topological polar surface area (TPSA) is 68.8 Å². The lowest BCUT2D eigenvalue weighted by Crippen LogP contribution is -2.08. The van der Waals surface area contributed by atoms with E-state index in [9.17, 15) is 0 Å². The monoisotopic (exact) mass is 235 g/mol. The van der Waals surface area contributed by atoms with E-state index in [1.807, 2.05) is 24.0 Å². The summed E-state index contributed by atoms with van der Waals surface area (Å²) in [6, 6.07) is 0. The Hall–Kier alpha value is -1.69. The van der Waals surface area contributed by atoms with Gasteiger partial charge in [0.25, 0.3) is 0 Å². The number of hydrogen-bond donors (Lipinski definition) is 1. The van der Waals surface area contributed by atoms with Gasteiger partial charge in [-0.3, -0.25) is 4.68 Å². The maximum absolute atomic E-state index is 8.73. The Kier molecular flexibility index (Phi) is 3.87. The first kappa shape index (κ1) is 11.8. The standard InChI is InChI=1S/C11H17N5O/c1-10-12-4-5-15(10)6-7-16-9-11(13-14-16)3-2-8-17/h4-5,9,17H,2-3,6-8H2,1H3. The minimum absolute atomic E-state index is 0.196. The van der Waals surface area contributed by atoms with Gasteiger partial charge in [0.05, 0.1) is 12.2 Å². The molecule has 0 bridgehead atoms. The van der Waals surface area contributed by atoms with Crippen LogP contribution < -0.4 is 0 Å². The van der Waals surface area contributed by atoms with E-state index >= 15 is 0 Å². The highest BCUT2D eigenvalue weighted by molar-refractivity contribution is 4.92. The quantitative estimate of drug-likeness (QED) is 0.787. The number of aryl methyl sites for hydroxylation is 4. The van der Waals surface area contributed by atoms with Gasteiger partial charge in [-0.2, -0.15) is 0 Å². The lowest BCUT2D eigenvalue weighted by Gasteiger charge is -2.03. The van der Waals surface area contributed by atoms with Gasteiger partial charge in [0.15, 0.2) is 0 Å². The molecule has 0 saturated heterocycles. The van der Waals surface area contributed by atoms with Crippen LogP contribution in [0.1, 0.15) is 17.9 Å². The summed E-state index contributed by atoms with van der Waals surface area (Å²) in [5.74, 6) is 1.01. The normalized spacial score (nSPS) is 10.9. The summed E-state index contributed by atoms with van der Waals surface area (Å²) in [4.78, 5) is 4.16. The Labute approximate surface area is 99.9 Å². The van der Waals surface area contributed by atoms with Crippen molar-refractivity contribution in [1.82, 2.24) is 24.5 Å². The largest absolute Gasteiger partial charge is 0.396 e. The van der Waals surface area contributed by atoms with Crippen LogP contribution in [0.3, 0.4) is 0 Å². The van der Waals surface area contributed by atoms with Crippen LogP contribution in [-0.4, -0.2) is 36.3 Å². The number of nitrogens with zero attached hydrogens (tertiary/aromatic N) is 5. The van der Waals surface area contributed by atoms with Gasteiger partial charge in [-0.05, 0) is 19.8 Å². The Morgan fingerprint density at radius 1 is 1.35 bits per heavy atom. The van der Waals surface area contributed by atoms with Crippen molar-refractivity contribution in [2.45, 2.75) is 32.9 Å². The van der Waals surface area contributed by atoms with Crippen LogP contribution in [0.2, 0.25) is 0 Å². The number of aliphatic hydroxyl groups excluding tert-OH is 1. The van der Waals surface area contributed by atoms with Crippen LogP contribution >= 0.6 is 0 Å². The smallest absolute Gasteiger partial charge is 0.105 e. The SMILES string of the molecule is Cc1nccn1CCn1cc(CCCO)nn1. The molecule has 0 fully saturated rings. The zero-order chi connectivity index (χ0) is 12.1. The van der Waals surface area contributed by atoms with Crippen LogP contribution in [0, 0.1) is 6.92 Å². The molecule has 0 radical (unpaired) electrons. The highest BCUT2D eigenvalue weighted by Crippen LogP contribution is 2.00. The molecule has 2 heterocycles. The molecule has 6 heteroatoms. The number of imidazole rings is 1. The molecule has 2 aromatic heterocycles. The van der Waals surface area contributed by atoms with E-state index in [0.29, 0.717) is 0 Å². The third kappa shape index (κ3) is 3.13. The second kappa shape index (κ2) is 5.58. The van der Waals surface area contributed by atoms with E-state index in [-0.39, 0.29) is 6.61 Å². The Morgan fingerprint density at radius 2 is 2.24 bits per heavy atom. The molecule has 2 aromatic rings. The molecule has 6 nitrogen and oxygen atoms in total.